The van der Waals surface area contributed by atoms with Crippen molar-refractivity contribution < 1.29 is 18.4 Å². The lowest BCUT2D eigenvalue weighted by atomic mass is 10.3. The van der Waals surface area contributed by atoms with Gasteiger partial charge in [0.2, 0.25) is 0 Å². The van der Waals surface area contributed by atoms with Gasteiger partial charge in [0.15, 0.2) is 11.6 Å². The minimum absolute atomic E-state index is 0.237. The summed E-state index contributed by atoms with van der Waals surface area (Å²) in [5.74, 6) is -1.09. The first kappa shape index (κ1) is 12.3. The van der Waals surface area contributed by atoms with Gasteiger partial charge in [-0.25, -0.2) is 8.78 Å². The molecule has 0 bridgehead atoms. The van der Waals surface area contributed by atoms with E-state index in [1.165, 1.54) is 13.2 Å². The molecule has 2 rings (SSSR count). The number of anilines is 1. The van der Waals surface area contributed by atoms with Crippen molar-refractivity contribution in [3.05, 3.63) is 54.1 Å². The molecular formula is C13H11F2NO2. The number of benzene rings is 2. The van der Waals surface area contributed by atoms with Gasteiger partial charge in [0.25, 0.3) is 0 Å². The van der Waals surface area contributed by atoms with Gasteiger partial charge in [-0.3, -0.25) is 10.3 Å². The van der Waals surface area contributed by atoms with Crippen molar-refractivity contribution in [2.45, 2.75) is 0 Å². The van der Waals surface area contributed by atoms with Gasteiger partial charge in [-0.2, -0.15) is 0 Å². The molecule has 2 aromatic carbocycles. The molecule has 0 aliphatic carbocycles. The van der Waals surface area contributed by atoms with Crippen molar-refractivity contribution in [1.29, 1.82) is 0 Å². The second kappa shape index (κ2) is 5.46. The Balaban J connectivity index is 2.10. The van der Waals surface area contributed by atoms with Crippen molar-refractivity contribution in [2.24, 2.45) is 0 Å². The largest absolute Gasteiger partial charge is 0.457 e. The lowest BCUT2D eigenvalue weighted by Crippen LogP contribution is -1.94. The van der Waals surface area contributed by atoms with Gasteiger partial charge in [0.05, 0.1) is 12.8 Å². The van der Waals surface area contributed by atoms with Crippen molar-refractivity contribution in [3.8, 4) is 11.5 Å². The van der Waals surface area contributed by atoms with Crippen LogP contribution in [0.3, 0.4) is 0 Å². The first-order valence-electron chi connectivity index (χ1n) is 5.21. The molecule has 0 radical (unpaired) electrons. The van der Waals surface area contributed by atoms with Crippen molar-refractivity contribution in [3.63, 3.8) is 0 Å². The zero-order valence-electron chi connectivity index (χ0n) is 9.61. The topological polar surface area (TPSA) is 30.5 Å². The van der Waals surface area contributed by atoms with Crippen LogP contribution in [0, 0.1) is 11.6 Å². The smallest absolute Gasteiger partial charge is 0.162 e. The summed E-state index contributed by atoms with van der Waals surface area (Å²) in [6.45, 7) is 0. The third-order valence-corrected chi connectivity index (χ3v) is 2.20. The second-order valence-corrected chi connectivity index (χ2v) is 3.51. The van der Waals surface area contributed by atoms with Crippen LogP contribution in [-0.2, 0) is 4.84 Å². The van der Waals surface area contributed by atoms with Gasteiger partial charge < -0.3 is 4.74 Å². The maximum absolute atomic E-state index is 13.0. The molecule has 18 heavy (non-hydrogen) atoms. The highest BCUT2D eigenvalue weighted by atomic mass is 19.2. The third kappa shape index (κ3) is 2.95. The molecule has 0 amide bonds. The van der Waals surface area contributed by atoms with Crippen LogP contribution in [0.25, 0.3) is 0 Å². The zero-order chi connectivity index (χ0) is 13.0. The average molecular weight is 251 g/mol. The molecular weight excluding hydrogens is 240 g/mol. The van der Waals surface area contributed by atoms with Crippen molar-refractivity contribution >= 4 is 5.69 Å². The fraction of sp³-hybridized carbons (Fsp3) is 0.0769. The number of ether oxygens (including phenoxy) is 1. The number of hydrogen-bond donors (Lipinski definition) is 1. The molecule has 0 aromatic heterocycles. The van der Waals surface area contributed by atoms with Crippen molar-refractivity contribution in [1.82, 2.24) is 0 Å². The quantitative estimate of drug-likeness (QED) is 0.840. The number of rotatable bonds is 4. The van der Waals surface area contributed by atoms with Gasteiger partial charge in [0, 0.05) is 6.07 Å². The molecule has 0 saturated carbocycles. The van der Waals surface area contributed by atoms with Crippen LogP contribution in [0.2, 0.25) is 0 Å². The zero-order valence-corrected chi connectivity index (χ0v) is 9.61. The van der Waals surface area contributed by atoms with E-state index in [1.54, 1.807) is 24.3 Å². The first-order chi connectivity index (χ1) is 8.69. The summed E-state index contributed by atoms with van der Waals surface area (Å²) in [7, 11) is 1.51. The first-order valence-corrected chi connectivity index (χ1v) is 5.21. The maximum Gasteiger partial charge on any atom is 0.162 e. The molecule has 0 heterocycles. The molecule has 0 aliphatic heterocycles. The van der Waals surface area contributed by atoms with E-state index in [9.17, 15) is 8.78 Å². The summed E-state index contributed by atoms with van der Waals surface area (Å²) in [5.41, 5.74) is 3.41. The normalized spacial score (nSPS) is 10.2. The lowest BCUT2D eigenvalue weighted by Gasteiger charge is -2.07. The van der Waals surface area contributed by atoms with E-state index in [-0.39, 0.29) is 5.75 Å². The second-order valence-electron chi connectivity index (χ2n) is 3.51. The summed E-state index contributed by atoms with van der Waals surface area (Å²) in [4.78, 5) is 4.73. The SMILES string of the molecule is CONc1ccc(Oc2ccc(F)c(F)c2)cc1. The van der Waals surface area contributed by atoms with Gasteiger partial charge in [-0.15, -0.1) is 0 Å². The predicted molar refractivity (Wildman–Crippen MR) is 63.5 cm³/mol. The van der Waals surface area contributed by atoms with E-state index < -0.39 is 11.6 Å². The minimum atomic E-state index is -0.940. The number of hydrogen-bond acceptors (Lipinski definition) is 3. The summed E-state index contributed by atoms with van der Waals surface area (Å²) in [6.07, 6.45) is 0. The van der Waals surface area contributed by atoms with E-state index >= 15 is 0 Å². The van der Waals surface area contributed by atoms with Crippen LogP contribution in [0.4, 0.5) is 14.5 Å². The van der Waals surface area contributed by atoms with Crippen LogP contribution >= 0.6 is 0 Å². The summed E-state index contributed by atoms with van der Waals surface area (Å²) in [6, 6.07) is 10.2. The molecule has 0 fully saturated rings. The Morgan fingerprint density at radius 3 is 2.17 bits per heavy atom. The van der Waals surface area contributed by atoms with Gasteiger partial charge in [0.1, 0.15) is 11.5 Å². The summed E-state index contributed by atoms with van der Waals surface area (Å²) >= 11 is 0. The van der Waals surface area contributed by atoms with Crippen LogP contribution in [0.15, 0.2) is 42.5 Å². The third-order valence-electron chi connectivity index (χ3n) is 2.20. The standard InChI is InChI=1S/C13H11F2NO2/c1-17-16-9-2-4-10(5-3-9)18-11-6-7-12(14)13(15)8-11/h2-8,16H,1H3. The molecule has 3 nitrogen and oxygen atoms in total. The molecule has 0 aliphatic rings. The van der Waals surface area contributed by atoms with Gasteiger partial charge >= 0.3 is 0 Å². The summed E-state index contributed by atoms with van der Waals surface area (Å²) in [5, 5.41) is 0. The lowest BCUT2D eigenvalue weighted by molar-refractivity contribution is 0.271. The van der Waals surface area contributed by atoms with Crippen LogP contribution < -0.4 is 10.2 Å². The highest BCUT2D eigenvalue weighted by molar-refractivity contribution is 5.45. The molecule has 1 N–H and O–H groups in total. The molecule has 2 aromatic rings. The van der Waals surface area contributed by atoms with Gasteiger partial charge in [-0.05, 0) is 36.4 Å². The predicted octanol–water partition coefficient (Wildman–Crippen LogP) is 3.73. The average Bonchev–Trinajstić information content (AvgIpc) is 2.37. The van der Waals surface area contributed by atoms with Crippen LogP contribution in [-0.4, -0.2) is 7.11 Å². The van der Waals surface area contributed by atoms with E-state index in [0.29, 0.717) is 5.75 Å². The molecule has 0 unspecified atom stereocenters. The van der Waals surface area contributed by atoms with E-state index in [2.05, 4.69) is 5.48 Å². The van der Waals surface area contributed by atoms with Crippen LogP contribution in [0.1, 0.15) is 0 Å². The number of nitrogens with one attached hydrogen (secondary N) is 1. The fourth-order valence-corrected chi connectivity index (χ4v) is 1.39. The highest BCUT2D eigenvalue weighted by Gasteiger charge is 2.04. The monoisotopic (exact) mass is 251 g/mol. The van der Waals surface area contributed by atoms with Crippen LogP contribution in [0.5, 0.6) is 11.5 Å². The number of halogens is 2. The Hall–Kier alpha value is -2.14. The molecule has 0 saturated heterocycles. The molecule has 94 valence electrons. The Morgan fingerprint density at radius 1 is 0.889 bits per heavy atom. The Kier molecular flexibility index (Phi) is 3.74. The molecule has 5 heteroatoms. The fourth-order valence-electron chi connectivity index (χ4n) is 1.39. The Bertz CT molecular complexity index is 529. The van der Waals surface area contributed by atoms with E-state index in [4.69, 9.17) is 9.57 Å². The van der Waals surface area contributed by atoms with E-state index in [0.717, 1.165) is 17.8 Å². The maximum atomic E-state index is 13.0. The highest BCUT2D eigenvalue weighted by Crippen LogP contribution is 2.24. The molecule has 0 spiro atoms. The van der Waals surface area contributed by atoms with Crippen molar-refractivity contribution in [2.75, 3.05) is 12.6 Å². The Labute approximate surface area is 103 Å². The Morgan fingerprint density at radius 2 is 1.56 bits per heavy atom. The minimum Gasteiger partial charge on any atom is -0.457 e. The summed E-state index contributed by atoms with van der Waals surface area (Å²) < 4.78 is 31.1. The van der Waals surface area contributed by atoms with E-state index in [1.807, 2.05) is 0 Å². The van der Waals surface area contributed by atoms with Gasteiger partial charge in [-0.1, -0.05) is 0 Å². The molecule has 0 atom stereocenters.